The van der Waals surface area contributed by atoms with Gasteiger partial charge in [0.15, 0.2) is 17.0 Å². The number of aliphatic hydroxyl groups excluding tert-OH is 1. The third kappa shape index (κ3) is 16.5. The number of nitrogen functional groups attached to an aromatic ring is 1. The number of carbonyl (C=O) groups is 2. The highest BCUT2D eigenvalue weighted by atomic mass is 19.1. The molecule has 0 aromatic carbocycles. The maximum atomic E-state index is 13.5. The number of nitrogens with zero attached hydrogens (tertiary/aromatic N) is 4. The number of esters is 1. The van der Waals surface area contributed by atoms with Crippen LogP contribution in [0.2, 0.25) is 0 Å². The van der Waals surface area contributed by atoms with E-state index in [4.69, 9.17) is 26.8 Å². The number of nitrogens with two attached hydrogens (primary N) is 1. The quantitative estimate of drug-likeness (QED) is 0.0672. The first kappa shape index (κ1) is 42.9. The first-order valence-corrected chi connectivity index (χ1v) is 17.0. The first-order chi connectivity index (χ1) is 22.4. The lowest BCUT2D eigenvalue weighted by Gasteiger charge is -2.24. The molecule has 2 aromatic heterocycles. The van der Waals surface area contributed by atoms with Crippen LogP contribution in [0.5, 0.6) is 0 Å². The van der Waals surface area contributed by atoms with Crippen molar-refractivity contribution >= 4 is 29.7 Å². The number of aliphatic hydroxyl groups is 1. The van der Waals surface area contributed by atoms with Gasteiger partial charge in [-0.3, -0.25) is 9.36 Å². The predicted molar refractivity (Wildman–Crippen MR) is 182 cm³/mol. The second-order valence-corrected chi connectivity index (χ2v) is 11.5. The lowest BCUT2D eigenvalue weighted by Crippen LogP contribution is -2.26. The van der Waals surface area contributed by atoms with Gasteiger partial charge in [0.2, 0.25) is 0 Å². The number of fused-ring (bicyclic) bond motifs is 1. The molecule has 0 bridgehead atoms. The molecule has 46 heavy (non-hydrogen) atoms. The Morgan fingerprint density at radius 3 is 2.07 bits per heavy atom. The van der Waals surface area contributed by atoms with Crippen molar-refractivity contribution in [3.8, 4) is 12.3 Å². The Morgan fingerprint density at radius 1 is 1.02 bits per heavy atom. The average Bonchev–Trinajstić information content (AvgIpc) is 3.70. The summed E-state index contributed by atoms with van der Waals surface area (Å²) in [7, 11) is 2.46. The summed E-state index contributed by atoms with van der Waals surface area (Å²) < 4.78 is 26.0. The Bertz CT molecular complexity index is 1110. The van der Waals surface area contributed by atoms with E-state index in [9.17, 15) is 9.18 Å². The molecule has 11 heteroatoms. The lowest BCUT2D eigenvalue weighted by molar-refractivity contribution is -0.140. The fourth-order valence-electron chi connectivity index (χ4n) is 5.46. The second-order valence-electron chi connectivity index (χ2n) is 11.5. The van der Waals surface area contributed by atoms with Crippen molar-refractivity contribution in [2.24, 2.45) is 0 Å². The number of carbonyl (C=O) groups excluding carboxylic acids is 2. The number of halogens is 1. The molecule has 0 amide bonds. The molecular formula is C35H60FN5O5. The average molecular weight is 650 g/mol. The van der Waals surface area contributed by atoms with E-state index in [0.29, 0.717) is 17.6 Å². The van der Waals surface area contributed by atoms with Crippen molar-refractivity contribution in [1.82, 2.24) is 19.5 Å². The highest BCUT2D eigenvalue weighted by Gasteiger charge is 2.39. The van der Waals surface area contributed by atoms with Crippen LogP contribution in [0, 0.1) is 18.4 Å². The second kappa shape index (κ2) is 27.1. The molecule has 0 aliphatic carbocycles. The van der Waals surface area contributed by atoms with Crippen molar-refractivity contribution in [3.05, 3.63) is 12.4 Å². The smallest absolute Gasteiger partial charge is 0.312 e. The summed E-state index contributed by atoms with van der Waals surface area (Å²) in [6.45, 7) is 6.45. The summed E-state index contributed by atoms with van der Waals surface area (Å²) in [4.78, 5) is 30.4. The van der Waals surface area contributed by atoms with E-state index >= 15 is 0 Å². The van der Waals surface area contributed by atoms with E-state index in [1.165, 1.54) is 90.6 Å². The summed E-state index contributed by atoms with van der Waals surface area (Å²) >= 11 is 0. The van der Waals surface area contributed by atoms with Gasteiger partial charge in [-0.1, -0.05) is 110 Å². The number of hydrogen-bond donors (Lipinski definition) is 2. The summed E-state index contributed by atoms with van der Waals surface area (Å²) in [6, 6.07) is 0. The molecule has 1 aliphatic rings. The highest BCUT2D eigenvalue weighted by molar-refractivity contribution is 5.81. The molecule has 3 rings (SSSR count). The summed E-state index contributed by atoms with van der Waals surface area (Å²) in [5.74, 6) is 2.80. The Hall–Kier alpha value is -3.10. The van der Waals surface area contributed by atoms with Gasteiger partial charge in [-0.05, 0) is 32.1 Å². The van der Waals surface area contributed by atoms with Crippen LogP contribution < -0.4 is 5.73 Å². The number of methoxy groups -OCH3 is 1. The van der Waals surface area contributed by atoms with Crippen molar-refractivity contribution in [2.45, 2.75) is 154 Å². The Labute approximate surface area is 276 Å². The van der Waals surface area contributed by atoms with Crippen LogP contribution in [0.1, 0.15) is 148 Å². The fraction of sp³-hybridized carbons (Fsp3) is 0.743. The summed E-state index contributed by atoms with van der Waals surface area (Å²) in [6.07, 6.45) is 29.5. The van der Waals surface area contributed by atoms with Gasteiger partial charge in [0.1, 0.15) is 18.6 Å². The zero-order valence-electron chi connectivity index (χ0n) is 28.9. The Morgan fingerprint density at radius 2 is 1.54 bits per heavy atom. The van der Waals surface area contributed by atoms with Gasteiger partial charge in [0.25, 0.3) is 0 Å². The number of anilines is 1. The molecule has 2 aromatic rings. The maximum absolute atomic E-state index is 13.5. The zero-order valence-corrected chi connectivity index (χ0v) is 28.9. The van der Waals surface area contributed by atoms with Gasteiger partial charge < -0.3 is 25.1 Å². The van der Waals surface area contributed by atoms with Gasteiger partial charge in [-0.15, -0.1) is 6.42 Å². The number of hydrogen-bond acceptors (Lipinski definition) is 9. The molecule has 2 unspecified atom stereocenters. The molecule has 262 valence electrons. The van der Waals surface area contributed by atoms with E-state index in [0.717, 1.165) is 45.6 Å². The molecule has 10 nitrogen and oxygen atoms in total. The highest BCUT2D eigenvalue weighted by Crippen LogP contribution is 2.40. The van der Waals surface area contributed by atoms with Crippen LogP contribution >= 0.6 is 0 Å². The van der Waals surface area contributed by atoms with Crippen LogP contribution in [0.25, 0.3) is 11.2 Å². The first-order valence-electron chi connectivity index (χ1n) is 17.0. The molecular weight excluding hydrogens is 589 g/mol. The van der Waals surface area contributed by atoms with Gasteiger partial charge >= 0.3 is 12.0 Å². The third-order valence-corrected chi connectivity index (χ3v) is 8.05. The third-order valence-electron chi connectivity index (χ3n) is 8.05. The largest absolute Gasteiger partial charge is 0.469 e. The standard InChI is InChI=1S/C18H24FN5O.C15H30O2.CH4O.CH2O/c1-3-5-6-7-8-10-18(4-2)11-9-13(25-18)24-12-21-14-15(20)22-17(19)23-16(14)24;1-3-4-5-6-7-8-9-10-11-12-13-14-15(16)17-2;2*1-2/h2,12-13H,3,5-11H2,1H3,(H2,20,22,23);3-14H2,1-2H3;2H,1H3;1H2. The van der Waals surface area contributed by atoms with Crippen LogP contribution in [-0.2, 0) is 19.1 Å². The number of rotatable bonds is 19. The van der Waals surface area contributed by atoms with Gasteiger partial charge in [-0.25, -0.2) is 4.98 Å². The van der Waals surface area contributed by atoms with Crippen molar-refractivity contribution in [3.63, 3.8) is 0 Å². The molecule has 0 spiro atoms. The Kier molecular flexibility index (Phi) is 25.2. The van der Waals surface area contributed by atoms with Gasteiger partial charge in [-0.2, -0.15) is 14.4 Å². The summed E-state index contributed by atoms with van der Waals surface area (Å²) in [5.41, 5.74) is 5.87. The molecule has 0 saturated carbocycles. The topological polar surface area (TPSA) is 142 Å². The van der Waals surface area contributed by atoms with E-state index in [-0.39, 0.29) is 18.0 Å². The van der Waals surface area contributed by atoms with Gasteiger partial charge in [0.05, 0.1) is 13.4 Å². The summed E-state index contributed by atoms with van der Waals surface area (Å²) in [5, 5.41) is 7.00. The molecule has 3 N–H and O–H groups in total. The predicted octanol–water partition coefficient (Wildman–Crippen LogP) is 7.87. The van der Waals surface area contributed by atoms with E-state index in [1.807, 2.05) is 6.79 Å². The minimum absolute atomic E-state index is 0.0263. The molecule has 2 atom stereocenters. The maximum Gasteiger partial charge on any atom is 0.312 e. The van der Waals surface area contributed by atoms with Crippen LogP contribution in [-0.4, -0.2) is 57.2 Å². The minimum atomic E-state index is -0.871. The molecule has 1 fully saturated rings. The van der Waals surface area contributed by atoms with Crippen LogP contribution in [0.15, 0.2) is 6.33 Å². The van der Waals surface area contributed by atoms with Crippen molar-refractivity contribution < 1.29 is 28.6 Å². The van der Waals surface area contributed by atoms with Crippen molar-refractivity contribution in [2.75, 3.05) is 20.0 Å². The Balaban J connectivity index is 0.000000847. The van der Waals surface area contributed by atoms with E-state index in [1.54, 1.807) is 10.9 Å². The number of terminal acetylenes is 1. The van der Waals surface area contributed by atoms with E-state index < -0.39 is 11.7 Å². The minimum Gasteiger partial charge on any atom is -0.469 e. The fourth-order valence-corrected chi connectivity index (χ4v) is 5.46. The van der Waals surface area contributed by atoms with E-state index in [2.05, 4.69) is 39.5 Å². The molecule has 1 aliphatic heterocycles. The van der Waals surface area contributed by atoms with Crippen LogP contribution in [0.3, 0.4) is 0 Å². The number of ether oxygens (including phenoxy) is 2. The number of aromatic nitrogens is 4. The molecule has 0 radical (unpaired) electrons. The normalized spacial score (nSPS) is 16.7. The SMILES string of the molecule is C#CC1(CCCCCCC)CCC(n2cnc3c(N)nc(F)nc32)O1.C=O.CCCCCCCCCCCCCC(=O)OC.CO. The van der Waals surface area contributed by atoms with Gasteiger partial charge in [0, 0.05) is 13.5 Å². The van der Waals surface area contributed by atoms with Crippen molar-refractivity contribution in [1.29, 1.82) is 0 Å². The number of imidazole rings is 1. The monoisotopic (exact) mass is 649 g/mol. The zero-order chi connectivity index (χ0) is 34.6. The molecule has 1 saturated heterocycles. The lowest BCUT2D eigenvalue weighted by atomic mass is 9.93. The number of unbranched alkanes of at least 4 members (excludes halogenated alkanes) is 14. The molecule has 3 heterocycles. The van der Waals surface area contributed by atoms with Crippen LogP contribution in [0.4, 0.5) is 10.2 Å².